The van der Waals surface area contributed by atoms with Crippen molar-refractivity contribution in [3.05, 3.63) is 71.7 Å². The minimum absolute atomic E-state index is 0.000717. The Bertz CT molecular complexity index is 1200. The number of hydrogen-bond acceptors (Lipinski definition) is 5. The number of piperazine rings is 1. The lowest BCUT2D eigenvalue weighted by Gasteiger charge is -2.38. The molecule has 2 saturated heterocycles. The molecule has 35 heavy (non-hydrogen) atoms. The van der Waals surface area contributed by atoms with Crippen molar-refractivity contribution in [2.45, 2.75) is 26.7 Å². The molecule has 0 unspecified atom stereocenters. The van der Waals surface area contributed by atoms with Crippen molar-refractivity contribution in [3.8, 4) is 11.4 Å². The summed E-state index contributed by atoms with van der Waals surface area (Å²) < 4.78 is 14.3. The monoisotopic (exact) mass is 473 g/mol. The van der Waals surface area contributed by atoms with Crippen LogP contribution >= 0.6 is 0 Å². The van der Waals surface area contributed by atoms with E-state index in [9.17, 15) is 9.18 Å². The first-order chi connectivity index (χ1) is 17.0. The van der Waals surface area contributed by atoms with Crippen LogP contribution in [0.25, 0.3) is 11.4 Å². The zero-order valence-electron chi connectivity index (χ0n) is 20.5. The summed E-state index contributed by atoms with van der Waals surface area (Å²) >= 11 is 0. The topological polar surface area (TPSA) is 52.6 Å². The van der Waals surface area contributed by atoms with Gasteiger partial charge in [-0.05, 0) is 43.9 Å². The Labute approximate surface area is 206 Å². The number of para-hydroxylation sites is 1. The maximum atomic E-state index is 14.3. The molecule has 0 atom stereocenters. The Morgan fingerprint density at radius 3 is 2.37 bits per heavy atom. The van der Waals surface area contributed by atoms with Gasteiger partial charge in [0, 0.05) is 51.0 Å². The number of likely N-dealkylation sites (tertiary alicyclic amines) is 1. The van der Waals surface area contributed by atoms with Crippen molar-refractivity contribution in [3.63, 3.8) is 0 Å². The quantitative estimate of drug-likeness (QED) is 0.545. The highest BCUT2D eigenvalue weighted by Crippen LogP contribution is 2.28. The first-order valence-corrected chi connectivity index (χ1v) is 12.5. The molecule has 1 amide bonds. The van der Waals surface area contributed by atoms with Crippen LogP contribution in [-0.4, -0.2) is 60.0 Å². The molecule has 0 bridgehead atoms. The van der Waals surface area contributed by atoms with Gasteiger partial charge >= 0.3 is 0 Å². The van der Waals surface area contributed by atoms with Gasteiger partial charge in [-0.3, -0.25) is 4.79 Å². The number of rotatable bonds is 4. The molecule has 182 valence electrons. The van der Waals surface area contributed by atoms with Crippen LogP contribution in [0.1, 0.15) is 35.7 Å². The predicted octanol–water partition coefficient (Wildman–Crippen LogP) is 4.79. The molecule has 0 radical (unpaired) electrons. The minimum Gasteiger partial charge on any atom is -0.366 e. The van der Waals surface area contributed by atoms with E-state index in [4.69, 9.17) is 4.98 Å². The number of aromatic nitrogens is 2. The number of nitrogens with zero attached hydrogens (tertiary/aromatic N) is 5. The normalized spacial score (nSPS) is 17.1. The third-order valence-corrected chi connectivity index (χ3v) is 7.12. The highest BCUT2D eigenvalue weighted by Gasteiger charge is 2.29. The summed E-state index contributed by atoms with van der Waals surface area (Å²) in [6.07, 6.45) is 3.73. The fourth-order valence-electron chi connectivity index (χ4n) is 4.94. The fraction of sp³-hybridized carbons (Fsp3) is 0.393. The summed E-state index contributed by atoms with van der Waals surface area (Å²) in [5.41, 5.74) is 3.24. The maximum absolute atomic E-state index is 14.3. The van der Waals surface area contributed by atoms with Crippen LogP contribution in [-0.2, 0) is 0 Å². The highest BCUT2D eigenvalue weighted by molar-refractivity contribution is 5.99. The fourth-order valence-corrected chi connectivity index (χ4v) is 4.94. The van der Waals surface area contributed by atoms with Crippen LogP contribution < -0.4 is 9.80 Å². The third kappa shape index (κ3) is 4.99. The van der Waals surface area contributed by atoms with E-state index < -0.39 is 0 Å². The number of anilines is 2. The molecule has 2 aliphatic rings. The maximum Gasteiger partial charge on any atom is 0.259 e. The van der Waals surface area contributed by atoms with E-state index in [2.05, 4.69) is 27.8 Å². The van der Waals surface area contributed by atoms with Gasteiger partial charge < -0.3 is 14.7 Å². The molecule has 0 N–H and O–H groups in total. The zero-order chi connectivity index (χ0) is 24.4. The van der Waals surface area contributed by atoms with Gasteiger partial charge in [-0.25, -0.2) is 14.4 Å². The highest BCUT2D eigenvalue weighted by atomic mass is 19.1. The number of carbonyl (C=O) groups is 1. The van der Waals surface area contributed by atoms with Gasteiger partial charge in [-0.15, -0.1) is 0 Å². The van der Waals surface area contributed by atoms with Gasteiger partial charge in [0.2, 0.25) is 0 Å². The Balaban J connectivity index is 1.44. The lowest BCUT2D eigenvalue weighted by molar-refractivity contribution is 0.0697. The Hall–Kier alpha value is -3.48. The minimum atomic E-state index is -0.208. The number of hydrogen-bond donors (Lipinski definition) is 0. The number of aryl methyl sites for hydroxylation is 1. The van der Waals surface area contributed by atoms with Gasteiger partial charge in [0.05, 0.1) is 5.69 Å². The SMILES string of the molecule is Cc1cccc(-c2ncc(C(=O)N3CCC(C)CC3)c(N3CCN(c4ccccc4F)CC3)n2)c1. The number of piperidine rings is 1. The first-order valence-electron chi connectivity index (χ1n) is 12.5. The lowest BCUT2D eigenvalue weighted by Crippen LogP contribution is -2.48. The van der Waals surface area contributed by atoms with Crippen LogP contribution in [0.5, 0.6) is 0 Å². The molecule has 1 aromatic heterocycles. The molecule has 2 fully saturated rings. The van der Waals surface area contributed by atoms with Crippen molar-refractivity contribution in [2.75, 3.05) is 49.1 Å². The number of benzene rings is 2. The smallest absolute Gasteiger partial charge is 0.259 e. The van der Waals surface area contributed by atoms with E-state index in [0.717, 1.165) is 37.1 Å². The zero-order valence-corrected chi connectivity index (χ0v) is 20.5. The number of amides is 1. The molecule has 3 aromatic rings. The summed E-state index contributed by atoms with van der Waals surface area (Å²) in [6.45, 7) is 8.41. The molecule has 5 rings (SSSR count). The average molecular weight is 474 g/mol. The van der Waals surface area contributed by atoms with Gasteiger partial charge in [-0.1, -0.05) is 42.8 Å². The molecule has 3 heterocycles. The van der Waals surface area contributed by atoms with Crippen molar-refractivity contribution < 1.29 is 9.18 Å². The van der Waals surface area contributed by atoms with Gasteiger partial charge in [0.15, 0.2) is 5.82 Å². The second-order valence-electron chi connectivity index (χ2n) is 9.70. The largest absolute Gasteiger partial charge is 0.366 e. The molecule has 6 nitrogen and oxygen atoms in total. The second kappa shape index (κ2) is 10.0. The van der Waals surface area contributed by atoms with E-state index in [0.29, 0.717) is 55.0 Å². The first kappa shape index (κ1) is 23.3. The Morgan fingerprint density at radius 1 is 0.943 bits per heavy atom. The summed E-state index contributed by atoms with van der Waals surface area (Å²) in [5, 5.41) is 0. The standard InChI is InChI=1S/C28H32FN5O/c1-20-10-12-34(13-11-20)28(35)23-19-30-26(22-7-5-6-21(2)18-22)31-27(23)33-16-14-32(15-17-33)25-9-4-3-8-24(25)29/h3-9,18-20H,10-17H2,1-2H3. The van der Waals surface area contributed by atoms with Crippen molar-refractivity contribution in [1.29, 1.82) is 0 Å². The van der Waals surface area contributed by atoms with Crippen molar-refractivity contribution >= 4 is 17.4 Å². The molecule has 2 aromatic carbocycles. The van der Waals surface area contributed by atoms with E-state index in [-0.39, 0.29) is 11.7 Å². The molecule has 0 saturated carbocycles. The summed E-state index contributed by atoms with van der Waals surface area (Å²) in [7, 11) is 0. The van der Waals surface area contributed by atoms with Gasteiger partial charge in [0.1, 0.15) is 17.2 Å². The Kier molecular flexibility index (Phi) is 6.66. The van der Waals surface area contributed by atoms with Crippen molar-refractivity contribution in [2.24, 2.45) is 5.92 Å². The van der Waals surface area contributed by atoms with Crippen LogP contribution in [0.3, 0.4) is 0 Å². The van der Waals surface area contributed by atoms with E-state index in [1.54, 1.807) is 12.3 Å². The summed E-state index contributed by atoms with van der Waals surface area (Å²) in [6, 6.07) is 15.0. The lowest BCUT2D eigenvalue weighted by atomic mass is 9.99. The van der Waals surface area contributed by atoms with Crippen LogP contribution in [0.4, 0.5) is 15.9 Å². The van der Waals surface area contributed by atoms with Gasteiger partial charge in [-0.2, -0.15) is 0 Å². The van der Waals surface area contributed by atoms with Crippen LogP contribution in [0.2, 0.25) is 0 Å². The molecule has 7 heteroatoms. The molecule has 0 spiro atoms. The molecular formula is C28H32FN5O. The third-order valence-electron chi connectivity index (χ3n) is 7.12. The van der Waals surface area contributed by atoms with E-state index >= 15 is 0 Å². The van der Waals surface area contributed by atoms with Crippen LogP contribution in [0, 0.1) is 18.7 Å². The van der Waals surface area contributed by atoms with Gasteiger partial charge in [0.25, 0.3) is 5.91 Å². The number of halogens is 1. The molecule has 2 aliphatic heterocycles. The van der Waals surface area contributed by atoms with E-state index in [1.807, 2.05) is 42.2 Å². The van der Waals surface area contributed by atoms with Crippen molar-refractivity contribution in [1.82, 2.24) is 14.9 Å². The molecular weight excluding hydrogens is 441 g/mol. The predicted molar refractivity (Wildman–Crippen MR) is 137 cm³/mol. The Morgan fingerprint density at radius 2 is 1.66 bits per heavy atom. The summed E-state index contributed by atoms with van der Waals surface area (Å²) in [5.74, 6) is 1.72. The molecule has 0 aliphatic carbocycles. The average Bonchev–Trinajstić information content (AvgIpc) is 2.89. The summed E-state index contributed by atoms with van der Waals surface area (Å²) in [4.78, 5) is 29.2. The van der Waals surface area contributed by atoms with Crippen LogP contribution in [0.15, 0.2) is 54.7 Å². The van der Waals surface area contributed by atoms with E-state index in [1.165, 1.54) is 6.07 Å². The number of carbonyl (C=O) groups excluding carboxylic acids is 1. The second-order valence-corrected chi connectivity index (χ2v) is 9.70.